The molecule has 0 bridgehead atoms. The Bertz CT molecular complexity index is 275. The molecule has 1 amide bonds. The maximum absolute atomic E-state index is 11.9. The fraction of sp³-hybridized carbons (Fsp3) is 0.846. The van der Waals surface area contributed by atoms with Gasteiger partial charge in [0.25, 0.3) is 0 Å². The second-order valence-electron chi connectivity index (χ2n) is 5.10. The molecule has 2 unspecified atom stereocenters. The molecule has 4 heteroatoms. The highest BCUT2D eigenvalue weighted by Crippen LogP contribution is 2.26. The molecule has 0 spiro atoms. The molecule has 1 aliphatic carbocycles. The quantitative estimate of drug-likeness (QED) is 0.743. The molecule has 1 rings (SSSR count). The highest BCUT2D eigenvalue weighted by atomic mass is 32.1. The van der Waals surface area contributed by atoms with Crippen molar-refractivity contribution in [2.24, 2.45) is 17.6 Å². The van der Waals surface area contributed by atoms with Gasteiger partial charge >= 0.3 is 0 Å². The minimum atomic E-state index is -0.105. The summed E-state index contributed by atoms with van der Waals surface area (Å²) in [7, 11) is 0. The molecule has 0 saturated heterocycles. The topological polar surface area (TPSA) is 55.1 Å². The van der Waals surface area contributed by atoms with Crippen LogP contribution in [0.15, 0.2) is 0 Å². The zero-order valence-corrected chi connectivity index (χ0v) is 11.7. The normalized spacial score (nSPS) is 20.6. The first-order chi connectivity index (χ1) is 8.06. The van der Waals surface area contributed by atoms with E-state index in [1.807, 2.05) is 13.8 Å². The summed E-state index contributed by atoms with van der Waals surface area (Å²) >= 11 is 5.10. The number of carbonyl (C=O) groups is 1. The number of rotatable bonds is 5. The summed E-state index contributed by atoms with van der Waals surface area (Å²) in [5.74, 6) is 0.556. The van der Waals surface area contributed by atoms with E-state index in [4.69, 9.17) is 18.0 Å². The molecule has 1 saturated carbocycles. The fourth-order valence-corrected chi connectivity index (χ4v) is 2.62. The highest BCUT2D eigenvalue weighted by Gasteiger charge is 2.28. The monoisotopic (exact) mass is 256 g/mol. The van der Waals surface area contributed by atoms with Crippen molar-refractivity contribution >= 4 is 23.1 Å². The third-order valence-corrected chi connectivity index (χ3v) is 4.04. The van der Waals surface area contributed by atoms with Crippen molar-refractivity contribution in [2.45, 2.75) is 58.4 Å². The van der Waals surface area contributed by atoms with Gasteiger partial charge in [-0.15, -0.1) is 0 Å². The number of thiocarbonyl (C=S) groups is 1. The number of hydrogen-bond acceptors (Lipinski definition) is 2. The van der Waals surface area contributed by atoms with E-state index in [1.54, 1.807) is 0 Å². The molecule has 1 aliphatic rings. The van der Waals surface area contributed by atoms with Crippen LogP contribution in [0.5, 0.6) is 0 Å². The van der Waals surface area contributed by atoms with Crippen molar-refractivity contribution in [2.75, 3.05) is 0 Å². The van der Waals surface area contributed by atoms with Crippen molar-refractivity contribution in [1.29, 1.82) is 0 Å². The Morgan fingerprint density at radius 2 is 2.00 bits per heavy atom. The summed E-state index contributed by atoms with van der Waals surface area (Å²) in [4.78, 5) is 12.3. The molecular weight excluding hydrogens is 232 g/mol. The second kappa shape index (κ2) is 6.94. The molecule has 0 radical (unpaired) electrons. The molecule has 0 aromatic rings. The molecule has 0 aromatic heterocycles. The van der Waals surface area contributed by atoms with E-state index in [0.29, 0.717) is 10.9 Å². The molecule has 0 heterocycles. The van der Waals surface area contributed by atoms with Crippen LogP contribution in [-0.2, 0) is 4.79 Å². The van der Waals surface area contributed by atoms with Gasteiger partial charge in [-0.1, -0.05) is 45.3 Å². The van der Waals surface area contributed by atoms with E-state index in [9.17, 15) is 4.79 Å². The molecule has 0 aromatic carbocycles. The number of amides is 1. The van der Waals surface area contributed by atoms with E-state index in [1.165, 1.54) is 19.3 Å². The number of nitrogens with two attached hydrogens (primary N) is 1. The molecular formula is C13H24N2OS. The summed E-state index contributed by atoms with van der Waals surface area (Å²) in [6, 6.07) is -0.105. The number of nitrogens with one attached hydrogen (secondary N) is 1. The van der Waals surface area contributed by atoms with Crippen LogP contribution in [0, 0.1) is 11.8 Å². The predicted molar refractivity (Wildman–Crippen MR) is 74.7 cm³/mol. The molecule has 3 N–H and O–H groups in total. The van der Waals surface area contributed by atoms with Crippen LogP contribution < -0.4 is 11.1 Å². The number of hydrogen-bond donors (Lipinski definition) is 2. The molecule has 3 nitrogen and oxygen atoms in total. The Kier molecular flexibility index (Phi) is 5.89. The van der Waals surface area contributed by atoms with Crippen molar-refractivity contribution < 1.29 is 4.79 Å². The predicted octanol–water partition coefficient (Wildman–Crippen LogP) is 2.38. The van der Waals surface area contributed by atoms with Crippen molar-refractivity contribution in [3.8, 4) is 0 Å². The van der Waals surface area contributed by atoms with Gasteiger partial charge in [-0.3, -0.25) is 4.79 Å². The van der Waals surface area contributed by atoms with Crippen LogP contribution in [0.3, 0.4) is 0 Å². The minimum absolute atomic E-state index is 0.0374. The molecule has 2 atom stereocenters. The Morgan fingerprint density at radius 3 is 2.47 bits per heavy atom. The van der Waals surface area contributed by atoms with E-state index in [-0.39, 0.29) is 17.9 Å². The van der Waals surface area contributed by atoms with Gasteiger partial charge in [0.2, 0.25) is 5.91 Å². The van der Waals surface area contributed by atoms with Gasteiger partial charge in [0.1, 0.15) is 0 Å². The van der Waals surface area contributed by atoms with E-state index < -0.39 is 0 Å². The summed E-state index contributed by atoms with van der Waals surface area (Å²) in [6.45, 7) is 3.95. The first kappa shape index (κ1) is 14.4. The first-order valence-electron chi connectivity index (χ1n) is 6.66. The lowest BCUT2D eigenvalue weighted by molar-refractivity contribution is -0.125. The molecule has 17 heavy (non-hydrogen) atoms. The standard InChI is InChI=1S/C13H24N2OS/c1-3-9(2)13(16)15-11(12(14)17)10-7-5-4-6-8-10/h9-11H,3-8H2,1-2H3,(H2,14,17)(H,15,16). The van der Waals surface area contributed by atoms with Gasteiger partial charge in [0.05, 0.1) is 11.0 Å². The van der Waals surface area contributed by atoms with Gasteiger partial charge in [-0.05, 0) is 25.2 Å². The minimum Gasteiger partial charge on any atom is -0.392 e. The van der Waals surface area contributed by atoms with Gasteiger partial charge in [-0.2, -0.15) is 0 Å². The van der Waals surface area contributed by atoms with Crippen LogP contribution in [0.1, 0.15) is 52.4 Å². The Hall–Kier alpha value is -0.640. The fourth-order valence-electron chi connectivity index (χ4n) is 2.37. The average molecular weight is 256 g/mol. The van der Waals surface area contributed by atoms with E-state index in [0.717, 1.165) is 19.3 Å². The van der Waals surface area contributed by atoms with Gasteiger partial charge in [-0.25, -0.2) is 0 Å². The third kappa shape index (κ3) is 4.26. The second-order valence-corrected chi connectivity index (χ2v) is 5.57. The van der Waals surface area contributed by atoms with Crippen LogP contribution in [0.25, 0.3) is 0 Å². The maximum atomic E-state index is 11.9. The Balaban J connectivity index is 2.59. The Morgan fingerprint density at radius 1 is 1.41 bits per heavy atom. The van der Waals surface area contributed by atoms with Crippen LogP contribution in [0.4, 0.5) is 0 Å². The lowest BCUT2D eigenvalue weighted by Gasteiger charge is -2.30. The lowest BCUT2D eigenvalue weighted by atomic mass is 9.83. The summed E-state index contributed by atoms with van der Waals surface area (Å²) < 4.78 is 0. The molecule has 0 aliphatic heterocycles. The molecule has 1 fully saturated rings. The van der Waals surface area contributed by atoms with E-state index >= 15 is 0 Å². The zero-order chi connectivity index (χ0) is 12.8. The van der Waals surface area contributed by atoms with Crippen LogP contribution >= 0.6 is 12.2 Å². The van der Waals surface area contributed by atoms with Crippen LogP contribution in [0.2, 0.25) is 0 Å². The van der Waals surface area contributed by atoms with Crippen molar-refractivity contribution in [3.63, 3.8) is 0 Å². The summed E-state index contributed by atoms with van der Waals surface area (Å²) in [5.41, 5.74) is 5.77. The summed E-state index contributed by atoms with van der Waals surface area (Å²) in [5, 5.41) is 3.03. The van der Waals surface area contributed by atoms with Gasteiger partial charge in [0.15, 0.2) is 0 Å². The SMILES string of the molecule is CCC(C)C(=O)NC(C(N)=S)C1CCCCC1. The highest BCUT2D eigenvalue weighted by molar-refractivity contribution is 7.80. The van der Waals surface area contributed by atoms with E-state index in [2.05, 4.69) is 5.32 Å². The maximum Gasteiger partial charge on any atom is 0.223 e. The first-order valence-corrected chi connectivity index (χ1v) is 7.06. The summed E-state index contributed by atoms with van der Waals surface area (Å²) in [6.07, 6.45) is 6.85. The van der Waals surface area contributed by atoms with Gasteiger partial charge in [0, 0.05) is 5.92 Å². The number of carbonyl (C=O) groups excluding carboxylic acids is 1. The van der Waals surface area contributed by atoms with Crippen LogP contribution in [-0.4, -0.2) is 16.9 Å². The van der Waals surface area contributed by atoms with Crippen molar-refractivity contribution in [1.82, 2.24) is 5.32 Å². The lowest BCUT2D eigenvalue weighted by Crippen LogP contribution is -2.50. The average Bonchev–Trinajstić information content (AvgIpc) is 2.35. The van der Waals surface area contributed by atoms with Gasteiger partial charge < -0.3 is 11.1 Å². The Labute approximate surface area is 110 Å². The van der Waals surface area contributed by atoms with Crippen molar-refractivity contribution in [3.05, 3.63) is 0 Å². The third-order valence-electron chi connectivity index (χ3n) is 3.79. The molecule has 98 valence electrons. The largest absolute Gasteiger partial charge is 0.392 e. The zero-order valence-electron chi connectivity index (χ0n) is 10.9. The smallest absolute Gasteiger partial charge is 0.223 e.